The molecule has 0 saturated carbocycles. The molecule has 1 heteroatoms. The summed E-state index contributed by atoms with van der Waals surface area (Å²) < 4.78 is 2.23. The van der Waals surface area contributed by atoms with E-state index in [-0.39, 0.29) is 0 Å². The fourth-order valence-electron chi connectivity index (χ4n) is 3.32. The zero-order valence-electron chi connectivity index (χ0n) is 12.9. The van der Waals surface area contributed by atoms with Gasteiger partial charge in [-0.05, 0) is 34.7 Å². The van der Waals surface area contributed by atoms with Gasteiger partial charge in [0, 0.05) is 6.07 Å². The summed E-state index contributed by atoms with van der Waals surface area (Å²) in [5.74, 6) is 0. The van der Waals surface area contributed by atoms with Gasteiger partial charge in [-0.3, -0.25) is 0 Å². The molecule has 0 bridgehead atoms. The second-order valence-electron chi connectivity index (χ2n) is 5.84. The first kappa shape index (κ1) is 13.0. The lowest BCUT2D eigenvalue weighted by Gasteiger charge is -2.11. The topological polar surface area (TPSA) is 3.88 Å². The summed E-state index contributed by atoms with van der Waals surface area (Å²) in [6, 6.07) is 23.8. The number of fused-ring (bicyclic) bond motifs is 2. The summed E-state index contributed by atoms with van der Waals surface area (Å²) in [6.45, 7) is 2.20. The van der Waals surface area contributed by atoms with Crippen molar-refractivity contribution in [2.24, 2.45) is 7.05 Å². The first-order chi connectivity index (χ1) is 10.8. The Morgan fingerprint density at radius 3 is 2.09 bits per heavy atom. The molecule has 22 heavy (non-hydrogen) atoms. The van der Waals surface area contributed by atoms with Crippen molar-refractivity contribution in [1.82, 2.24) is 0 Å². The molecule has 0 N–H and O–H groups in total. The van der Waals surface area contributed by atoms with Crippen molar-refractivity contribution in [2.75, 3.05) is 0 Å². The first-order valence-electron chi connectivity index (χ1n) is 7.62. The maximum atomic E-state index is 2.23. The van der Waals surface area contributed by atoms with E-state index in [2.05, 4.69) is 91.5 Å². The fraction of sp³-hybridized carbons (Fsp3) is 0.0952. The summed E-state index contributed by atoms with van der Waals surface area (Å²) in [5, 5.41) is 5.18. The molecule has 4 rings (SSSR count). The Morgan fingerprint density at radius 1 is 0.682 bits per heavy atom. The highest BCUT2D eigenvalue weighted by atomic mass is 14.9. The largest absolute Gasteiger partial charge is 0.221 e. The zero-order chi connectivity index (χ0) is 15.1. The maximum Gasteiger partial charge on any atom is 0.221 e. The Bertz CT molecular complexity index is 916. The molecule has 3 aromatic carbocycles. The molecule has 0 aliphatic rings. The summed E-state index contributed by atoms with van der Waals surface area (Å²) in [5.41, 5.74) is 3.93. The maximum absolute atomic E-state index is 2.23. The number of pyridine rings is 1. The van der Waals surface area contributed by atoms with Gasteiger partial charge in [0.15, 0.2) is 6.20 Å². The number of nitrogens with zero attached hydrogens (tertiary/aromatic N) is 1. The number of hydrogen-bond acceptors (Lipinski definition) is 0. The van der Waals surface area contributed by atoms with Crippen molar-refractivity contribution in [2.45, 2.75) is 6.92 Å². The van der Waals surface area contributed by atoms with E-state index >= 15 is 0 Å². The van der Waals surface area contributed by atoms with E-state index in [4.69, 9.17) is 0 Å². The predicted molar refractivity (Wildman–Crippen MR) is 92.8 cm³/mol. The van der Waals surface area contributed by atoms with Crippen LogP contribution >= 0.6 is 0 Å². The molecule has 1 nitrogen and oxygen atoms in total. The molecule has 0 unspecified atom stereocenters. The molecule has 0 aliphatic heterocycles. The molecule has 106 valence electrons. The molecule has 0 amide bonds. The van der Waals surface area contributed by atoms with Crippen LogP contribution in [0.4, 0.5) is 0 Å². The number of aryl methyl sites for hydroxylation is 2. The van der Waals surface area contributed by atoms with Gasteiger partial charge >= 0.3 is 0 Å². The van der Waals surface area contributed by atoms with E-state index in [0.717, 1.165) is 0 Å². The van der Waals surface area contributed by atoms with Crippen LogP contribution in [-0.2, 0) is 7.05 Å². The molecule has 0 radical (unpaired) electrons. The lowest BCUT2D eigenvalue weighted by molar-refractivity contribution is -0.659. The second-order valence-corrected chi connectivity index (χ2v) is 5.84. The van der Waals surface area contributed by atoms with Gasteiger partial charge in [-0.25, -0.2) is 4.57 Å². The molecule has 1 aromatic heterocycles. The fourth-order valence-corrected chi connectivity index (χ4v) is 3.32. The van der Waals surface area contributed by atoms with E-state index in [1.807, 2.05) is 0 Å². The molecular weight excluding hydrogens is 266 g/mol. The number of benzene rings is 3. The smallest absolute Gasteiger partial charge is 0.200 e. The van der Waals surface area contributed by atoms with E-state index in [1.54, 1.807) is 0 Å². The van der Waals surface area contributed by atoms with Crippen molar-refractivity contribution < 1.29 is 4.57 Å². The minimum Gasteiger partial charge on any atom is -0.200 e. The van der Waals surface area contributed by atoms with Gasteiger partial charge in [0.05, 0.1) is 10.9 Å². The third-order valence-electron chi connectivity index (χ3n) is 4.42. The predicted octanol–water partition coefficient (Wildman–Crippen LogP) is 4.79. The van der Waals surface area contributed by atoms with Crippen LogP contribution in [0.5, 0.6) is 0 Å². The highest BCUT2D eigenvalue weighted by Crippen LogP contribution is 2.33. The van der Waals surface area contributed by atoms with Gasteiger partial charge in [-0.1, -0.05) is 54.6 Å². The highest BCUT2D eigenvalue weighted by molar-refractivity contribution is 6.03. The van der Waals surface area contributed by atoms with Crippen molar-refractivity contribution in [3.63, 3.8) is 0 Å². The van der Waals surface area contributed by atoms with Crippen molar-refractivity contribution in [3.8, 4) is 11.3 Å². The lowest BCUT2D eigenvalue weighted by atomic mass is 9.94. The molecule has 0 atom stereocenters. The Labute approximate surface area is 130 Å². The third-order valence-corrected chi connectivity index (χ3v) is 4.42. The molecule has 0 fully saturated rings. The van der Waals surface area contributed by atoms with Gasteiger partial charge < -0.3 is 0 Å². The van der Waals surface area contributed by atoms with Gasteiger partial charge in [0.2, 0.25) is 5.69 Å². The van der Waals surface area contributed by atoms with Crippen LogP contribution in [0.2, 0.25) is 0 Å². The van der Waals surface area contributed by atoms with Crippen LogP contribution in [0.3, 0.4) is 0 Å². The standard InChI is InChI=1S/C21H18N/c1-15-11-12-16-7-3-5-9-18(16)20(15)21-19-10-6-4-8-17(19)13-14-22(21)2/h3-14H,1-2H3/q+1. The van der Waals surface area contributed by atoms with Crippen LogP contribution in [0.1, 0.15) is 5.56 Å². The monoisotopic (exact) mass is 284 g/mol. The Hall–Kier alpha value is -2.67. The van der Waals surface area contributed by atoms with Crippen LogP contribution in [0.15, 0.2) is 72.9 Å². The quantitative estimate of drug-likeness (QED) is 0.442. The Balaban J connectivity index is 2.21. The minimum absolute atomic E-state index is 1.28. The molecule has 0 aliphatic carbocycles. The number of aromatic nitrogens is 1. The minimum atomic E-state index is 1.28. The Morgan fingerprint density at radius 2 is 1.32 bits per heavy atom. The van der Waals surface area contributed by atoms with Gasteiger partial charge in [-0.15, -0.1) is 0 Å². The first-order valence-corrected chi connectivity index (χ1v) is 7.62. The molecule has 4 aromatic rings. The lowest BCUT2D eigenvalue weighted by Crippen LogP contribution is -2.30. The molecular formula is C21H18N+. The van der Waals surface area contributed by atoms with Crippen molar-refractivity contribution in [1.29, 1.82) is 0 Å². The average Bonchev–Trinajstić information content (AvgIpc) is 2.56. The van der Waals surface area contributed by atoms with Crippen LogP contribution in [-0.4, -0.2) is 0 Å². The second kappa shape index (κ2) is 4.96. The van der Waals surface area contributed by atoms with Crippen molar-refractivity contribution >= 4 is 21.5 Å². The SMILES string of the molecule is Cc1ccc2ccccc2c1-c1c2ccccc2cc[n+]1C. The summed E-state index contributed by atoms with van der Waals surface area (Å²) in [6.07, 6.45) is 2.15. The van der Waals surface area contributed by atoms with Crippen LogP contribution < -0.4 is 4.57 Å². The summed E-state index contributed by atoms with van der Waals surface area (Å²) in [7, 11) is 2.13. The van der Waals surface area contributed by atoms with Crippen LogP contribution in [0.25, 0.3) is 32.8 Å². The Kier molecular flexibility index (Phi) is 2.93. The molecule has 0 saturated heterocycles. The normalized spacial score (nSPS) is 11.2. The molecule has 1 heterocycles. The summed E-state index contributed by atoms with van der Waals surface area (Å²) >= 11 is 0. The van der Waals surface area contributed by atoms with E-state index in [9.17, 15) is 0 Å². The average molecular weight is 284 g/mol. The van der Waals surface area contributed by atoms with Crippen molar-refractivity contribution in [3.05, 3.63) is 78.5 Å². The summed E-state index contributed by atoms with van der Waals surface area (Å²) in [4.78, 5) is 0. The van der Waals surface area contributed by atoms with E-state index in [0.29, 0.717) is 0 Å². The zero-order valence-corrected chi connectivity index (χ0v) is 12.9. The van der Waals surface area contributed by atoms with E-state index in [1.165, 1.54) is 38.4 Å². The van der Waals surface area contributed by atoms with E-state index < -0.39 is 0 Å². The number of rotatable bonds is 1. The number of hydrogen-bond donors (Lipinski definition) is 0. The third kappa shape index (κ3) is 1.90. The van der Waals surface area contributed by atoms with Gasteiger partial charge in [-0.2, -0.15) is 0 Å². The molecule has 0 spiro atoms. The van der Waals surface area contributed by atoms with Gasteiger partial charge in [0.1, 0.15) is 7.05 Å². The van der Waals surface area contributed by atoms with Crippen LogP contribution in [0, 0.1) is 6.92 Å². The highest BCUT2D eigenvalue weighted by Gasteiger charge is 2.19. The van der Waals surface area contributed by atoms with Gasteiger partial charge in [0.25, 0.3) is 0 Å².